The number of nitrogens with one attached hydrogen (secondary N) is 1. The summed E-state index contributed by atoms with van der Waals surface area (Å²) in [6.07, 6.45) is 5.39. The summed E-state index contributed by atoms with van der Waals surface area (Å²) in [4.78, 5) is 46.6. The second-order valence-electron chi connectivity index (χ2n) is 10.2. The fourth-order valence-corrected chi connectivity index (χ4v) is 6.31. The minimum Gasteiger partial charge on any atom is -0.329 e. The Balaban J connectivity index is 1.64. The number of fused-ring (bicyclic) bond motifs is 1. The number of carbonyl (C=O) groups is 1. The van der Waals surface area contributed by atoms with Crippen molar-refractivity contribution in [3.05, 3.63) is 123 Å². The number of halogens is 2. The Bertz CT molecular complexity index is 2080. The number of hydrogen-bond acceptors (Lipinski definition) is 7. The van der Waals surface area contributed by atoms with Crippen molar-refractivity contribution in [2.75, 3.05) is 19.4 Å². The van der Waals surface area contributed by atoms with Gasteiger partial charge >= 0.3 is 5.69 Å². The van der Waals surface area contributed by atoms with Crippen molar-refractivity contribution >= 4 is 33.7 Å². The predicted octanol–water partition coefficient (Wildman–Crippen LogP) is 4.42. The molecule has 10 nitrogen and oxygen atoms in total. The zero-order chi connectivity index (χ0) is 31.0. The summed E-state index contributed by atoms with van der Waals surface area (Å²) < 4.78 is 33.5. The topological polar surface area (TPSA) is 107 Å². The Morgan fingerprint density at radius 3 is 2.34 bits per heavy atom. The van der Waals surface area contributed by atoms with Gasteiger partial charge in [-0.1, -0.05) is 18.2 Å². The van der Waals surface area contributed by atoms with Gasteiger partial charge in [-0.25, -0.2) is 27.8 Å². The van der Waals surface area contributed by atoms with Gasteiger partial charge in [0.1, 0.15) is 22.3 Å². The number of aromatic nitrogens is 5. The third-order valence-corrected chi connectivity index (χ3v) is 8.33. The highest BCUT2D eigenvalue weighted by Gasteiger charge is 2.25. The van der Waals surface area contributed by atoms with Crippen LogP contribution in [-0.2, 0) is 17.9 Å². The van der Waals surface area contributed by atoms with Gasteiger partial charge in [-0.2, -0.15) is 5.10 Å². The summed E-state index contributed by atoms with van der Waals surface area (Å²) in [6.45, 7) is -0.125. The van der Waals surface area contributed by atoms with Gasteiger partial charge in [0.15, 0.2) is 0 Å². The van der Waals surface area contributed by atoms with Gasteiger partial charge in [0.25, 0.3) is 5.56 Å². The summed E-state index contributed by atoms with van der Waals surface area (Å²) >= 11 is 1.18. The minimum absolute atomic E-state index is 0.0494. The zero-order valence-electron chi connectivity index (χ0n) is 23.6. The number of anilines is 1. The van der Waals surface area contributed by atoms with E-state index in [0.717, 1.165) is 22.3 Å². The monoisotopic (exact) mass is 613 g/mol. The molecule has 0 radical (unpaired) electrons. The van der Waals surface area contributed by atoms with E-state index in [9.17, 15) is 23.2 Å². The van der Waals surface area contributed by atoms with E-state index in [4.69, 9.17) is 0 Å². The van der Waals surface area contributed by atoms with Crippen molar-refractivity contribution in [3.63, 3.8) is 0 Å². The average Bonchev–Trinajstić information content (AvgIpc) is 3.67. The molecule has 44 heavy (non-hydrogen) atoms. The van der Waals surface area contributed by atoms with E-state index < -0.39 is 29.4 Å². The van der Waals surface area contributed by atoms with Crippen molar-refractivity contribution in [3.8, 4) is 21.9 Å². The molecule has 6 aromatic rings. The maximum absolute atomic E-state index is 14.9. The number of amides is 1. The van der Waals surface area contributed by atoms with Crippen LogP contribution >= 0.6 is 11.3 Å². The zero-order valence-corrected chi connectivity index (χ0v) is 24.4. The Morgan fingerprint density at radius 2 is 1.73 bits per heavy atom. The molecule has 0 saturated carbocycles. The third-order valence-electron chi connectivity index (χ3n) is 7.03. The van der Waals surface area contributed by atoms with Crippen LogP contribution in [0.4, 0.5) is 14.5 Å². The quantitative estimate of drug-likeness (QED) is 0.242. The number of rotatable bonds is 9. The standard InChI is InChI=1S/C31H25F2N7O3S/c1-37(2)16-23-27-29(42)40(26-12-11-21(15-34-26)39-14-4-13-36-39)31(43)38(17-22-24(32)5-3-6-25(22)33)30(27)44-28(23)19-7-9-20(10-8-19)35-18-41/h3-15,18H,16-17H2,1-2H3,(H,35,41). The Hall–Kier alpha value is -5.27. The molecule has 1 amide bonds. The highest BCUT2D eigenvalue weighted by Crippen LogP contribution is 2.38. The van der Waals surface area contributed by atoms with Gasteiger partial charge in [0.05, 0.1) is 23.8 Å². The smallest absolute Gasteiger partial charge is 0.329 e. The molecule has 0 spiro atoms. The molecule has 4 aromatic heterocycles. The molecule has 0 aliphatic heterocycles. The molecule has 0 aliphatic rings. The van der Waals surface area contributed by atoms with Crippen LogP contribution in [0.3, 0.4) is 0 Å². The van der Waals surface area contributed by atoms with Gasteiger partial charge < -0.3 is 10.2 Å². The molecule has 0 atom stereocenters. The first-order chi connectivity index (χ1) is 21.3. The Kier molecular flexibility index (Phi) is 7.72. The van der Waals surface area contributed by atoms with Crippen LogP contribution in [0.5, 0.6) is 0 Å². The van der Waals surface area contributed by atoms with E-state index in [0.29, 0.717) is 34.8 Å². The molecule has 4 heterocycles. The lowest BCUT2D eigenvalue weighted by atomic mass is 10.1. The van der Waals surface area contributed by atoms with Crippen LogP contribution in [-0.4, -0.2) is 49.3 Å². The van der Waals surface area contributed by atoms with Crippen LogP contribution < -0.4 is 16.6 Å². The number of pyridine rings is 1. The van der Waals surface area contributed by atoms with Crippen LogP contribution in [0.1, 0.15) is 11.1 Å². The van der Waals surface area contributed by atoms with Gasteiger partial charge in [-0.3, -0.25) is 14.2 Å². The fraction of sp³-hybridized carbons (Fsp3) is 0.129. The van der Waals surface area contributed by atoms with E-state index in [1.165, 1.54) is 34.2 Å². The minimum atomic E-state index is -0.812. The molecule has 13 heteroatoms. The van der Waals surface area contributed by atoms with E-state index in [1.807, 2.05) is 19.0 Å². The number of nitrogens with zero attached hydrogens (tertiary/aromatic N) is 6. The Labute approximate surface area is 253 Å². The third kappa shape index (κ3) is 5.23. The van der Waals surface area contributed by atoms with Crippen molar-refractivity contribution in [2.45, 2.75) is 13.1 Å². The summed E-state index contributed by atoms with van der Waals surface area (Å²) in [5.74, 6) is -1.57. The molecule has 0 bridgehead atoms. The van der Waals surface area contributed by atoms with E-state index >= 15 is 0 Å². The molecular formula is C31H25F2N7O3S. The normalized spacial score (nSPS) is 11.4. The van der Waals surface area contributed by atoms with Crippen molar-refractivity contribution in [1.29, 1.82) is 0 Å². The van der Waals surface area contributed by atoms with Crippen molar-refractivity contribution in [1.82, 2.24) is 28.8 Å². The highest BCUT2D eigenvalue weighted by atomic mass is 32.1. The first-order valence-electron chi connectivity index (χ1n) is 13.4. The maximum atomic E-state index is 14.9. The second kappa shape index (κ2) is 11.8. The van der Waals surface area contributed by atoms with Crippen LogP contribution in [0.15, 0.2) is 88.8 Å². The molecule has 0 unspecified atom stereocenters. The molecule has 222 valence electrons. The lowest BCUT2D eigenvalue weighted by molar-refractivity contribution is -0.105. The molecule has 6 rings (SSSR count). The maximum Gasteiger partial charge on any atom is 0.338 e. The number of benzene rings is 2. The average molecular weight is 614 g/mol. The van der Waals surface area contributed by atoms with Crippen molar-refractivity contribution < 1.29 is 13.6 Å². The SMILES string of the molecule is CN(C)Cc1c(-c2ccc(NC=O)cc2)sc2c1c(=O)n(-c1ccc(-n3cccn3)cn1)c(=O)n2Cc1c(F)cccc1F. The molecule has 0 saturated heterocycles. The van der Waals surface area contributed by atoms with Gasteiger partial charge in [0.2, 0.25) is 6.41 Å². The van der Waals surface area contributed by atoms with E-state index in [2.05, 4.69) is 15.4 Å². The highest BCUT2D eigenvalue weighted by molar-refractivity contribution is 7.22. The fourth-order valence-electron chi connectivity index (χ4n) is 5.01. The van der Waals surface area contributed by atoms with Crippen molar-refractivity contribution in [2.24, 2.45) is 0 Å². The molecule has 0 aliphatic carbocycles. The van der Waals surface area contributed by atoms with E-state index in [1.54, 1.807) is 53.5 Å². The second-order valence-corrected chi connectivity index (χ2v) is 11.2. The van der Waals surface area contributed by atoms with Crippen LogP contribution in [0.2, 0.25) is 0 Å². The lowest BCUT2D eigenvalue weighted by Crippen LogP contribution is -2.39. The molecule has 2 aromatic carbocycles. The number of hydrogen-bond donors (Lipinski definition) is 1. The first-order valence-corrected chi connectivity index (χ1v) is 14.2. The number of thiophene rings is 1. The van der Waals surface area contributed by atoms with Gasteiger partial charge in [-0.15, -0.1) is 11.3 Å². The lowest BCUT2D eigenvalue weighted by Gasteiger charge is -2.14. The van der Waals surface area contributed by atoms with Crippen LogP contribution in [0.25, 0.3) is 32.2 Å². The van der Waals surface area contributed by atoms with E-state index in [-0.39, 0.29) is 21.6 Å². The van der Waals surface area contributed by atoms with Gasteiger partial charge in [0, 0.05) is 35.1 Å². The summed E-state index contributed by atoms with van der Waals surface area (Å²) in [7, 11) is 3.70. The van der Waals surface area contributed by atoms with Gasteiger partial charge in [-0.05, 0) is 67.7 Å². The first kappa shape index (κ1) is 28.8. The molecule has 1 N–H and O–H groups in total. The summed E-state index contributed by atoms with van der Waals surface area (Å²) in [5, 5.41) is 7.01. The summed E-state index contributed by atoms with van der Waals surface area (Å²) in [6, 6.07) is 15.5. The number of carbonyl (C=O) groups excluding carboxylic acids is 1. The largest absolute Gasteiger partial charge is 0.338 e. The Morgan fingerprint density at radius 1 is 0.977 bits per heavy atom. The summed E-state index contributed by atoms with van der Waals surface area (Å²) in [5.41, 5.74) is 0.867. The molecule has 0 fully saturated rings. The predicted molar refractivity (Wildman–Crippen MR) is 165 cm³/mol. The molecular weight excluding hydrogens is 588 g/mol. The van der Waals surface area contributed by atoms with Crippen LogP contribution in [0, 0.1) is 11.6 Å².